The maximum absolute atomic E-state index is 2.55. The molecule has 0 nitrogen and oxygen atoms in total. The van der Waals surface area contributed by atoms with Gasteiger partial charge in [0, 0.05) is 0 Å². The average molecular weight is 735 g/mol. The minimum absolute atomic E-state index is 0.0278. The Hall–Kier alpha value is -7.02. The number of rotatable bonds is 2. The quantitative estimate of drug-likeness (QED) is 0.123. The molecule has 0 saturated carbocycles. The first-order valence-corrected chi connectivity index (χ1v) is 20.6. The highest BCUT2D eigenvalue weighted by Crippen LogP contribution is 2.60. The fourth-order valence-corrected chi connectivity index (χ4v) is 10.7. The van der Waals surface area contributed by atoms with Crippen molar-refractivity contribution in [3.63, 3.8) is 0 Å². The molecule has 0 heteroatoms. The van der Waals surface area contributed by atoms with E-state index >= 15 is 0 Å². The van der Waals surface area contributed by atoms with Crippen LogP contribution in [0, 0.1) is 0 Å². The fourth-order valence-electron chi connectivity index (χ4n) is 10.7. The van der Waals surface area contributed by atoms with E-state index in [1.54, 1.807) is 0 Å². The van der Waals surface area contributed by atoms with E-state index in [1.807, 2.05) is 0 Å². The fraction of sp³-hybridized carbons (Fsp3) is 0.0690. The van der Waals surface area contributed by atoms with Crippen molar-refractivity contribution >= 4 is 86.2 Å². The molecule has 0 spiro atoms. The second-order valence-electron chi connectivity index (χ2n) is 17.6. The predicted molar refractivity (Wildman–Crippen MR) is 252 cm³/mol. The van der Waals surface area contributed by atoms with E-state index in [9.17, 15) is 0 Å². The van der Waals surface area contributed by atoms with Gasteiger partial charge >= 0.3 is 0 Å². The summed E-state index contributed by atoms with van der Waals surface area (Å²) in [4.78, 5) is 0. The lowest BCUT2D eigenvalue weighted by Gasteiger charge is -2.22. The van der Waals surface area contributed by atoms with Crippen LogP contribution in [0.25, 0.3) is 131 Å². The molecule has 0 fully saturated rings. The van der Waals surface area contributed by atoms with Gasteiger partial charge in [-0.15, -0.1) is 0 Å². The standard InChI is InChI=1S/C58H38/c1-58(2,3)40-26-38-23-22-35-24-25-43-55-50(30-39(27-40)51(38)54(35)55)57-53(34-16-8-5-9-17-34)48-31-46-42-21-13-12-20-41(42)44-28-36-18-10-11-19-37(36)29-45(44)47(46)32-49(48)52(56(43)57)33-14-6-4-7-15-33/h4-32H,1-3H3. The zero-order valence-corrected chi connectivity index (χ0v) is 32.7. The Kier molecular flexibility index (Phi) is 6.26. The smallest absolute Gasteiger partial charge is 0.000719 e. The molecule has 0 aromatic heterocycles. The van der Waals surface area contributed by atoms with Crippen molar-refractivity contribution < 1.29 is 0 Å². The van der Waals surface area contributed by atoms with Gasteiger partial charge in [-0.05, 0) is 172 Å². The number of fused-ring (bicyclic) bond motifs is 11. The summed E-state index contributed by atoms with van der Waals surface area (Å²) in [6, 6.07) is 67.1. The highest BCUT2D eigenvalue weighted by molar-refractivity contribution is 6.37. The number of hydrogen-bond acceptors (Lipinski definition) is 0. The van der Waals surface area contributed by atoms with Crippen LogP contribution in [0.2, 0.25) is 0 Å². The Morgan fingerprint density at radius 3 is 1.38 bits per heavy atom. The van der Waals surface area contributed by atoms with Gasteiger partial charge in [-0.2, -0.15) is 0 Å². The molecule has 0 saturated heterocycles. The summed E-state index contributed by atoms with van der Waals surface area (Å²) >= 11 is 0. The molecule has 0 radical (unpaired) electrons. The van der Waals surface area contributed by atoms with E-state index in [0.29, 0.717) is 0 Å². The zero-order valence-electron chi connectivity index (χ0n) is 32.7. The molecule has 0 aliphatic heterocycles. The molecule has 270 valence electrons. The average Bonchev–Trinajstić information content (AvgIpc) is 3.58. The first-order chi connectivity index (χ1) is 28.4. The van der Waals surface area contributed by atoms with Crippen LogP contribution in [-0.2, 0) is 5.41 Å². The van der Waals surface area contributed by atoms with E-state index in [-0.39, 0.29) is 5.41 Å². The molecule has 12 aromatic rings. The van der Waals surface area contributed by atoms with Crippen LogP contribution in [0.3, 0.4) is 0 Å². The van der Waals surface area contributed by atoms with Gasteiger partial charge in [-0.25, -0.2) is 0 Å². The minimum atomic E-state index is 0.0278. The molecular weight excluding hydrogens is 697 g/mol. The first kappa shape index (κ1) is 32.1. The molecule has 0 bridgehead atoms. The van der Waals surface area contributed by atoms with Crippen molar-refractivity contribution in [3.05, 3.63) is 181 Å². The monoisotopic (exact) mass is 734 g/mol. The van der Waals surface area contributed by atoms with E-state index < -0.39 is 0 Å². The predicted octanol–water partition coefficient (Wildman–Crippen LogP) is 16.6. The maximum Gasteiger partial charge on any atom is -0.000719 e. The third-order valence-electron chi connectivity index (χ3n) is 13.4. The van der Waals surface area contributed by atoms with Crippen molar-refractivity contribution in [1.82, 2.24) is 0 Å². The molecule has 13 rings (SSSR count). The lowest BCUT2D eigenvalue weighted by atomic mass is 9.80. The summed E-state index contributed by atoms with van der Waals surface area (Å²) in [6.45, 7) is 6.99. The third kappa shape index (κ3) is 4.24. The van der Waals surface area contributed by atoms with Crippen LogP contribution in [-0.4, -0.2) is 0 Å². The van der Waals surface area contributed by atoms with Crippen LogP contribution < -0.4 is 0 Å². The maximum atomic E-state index is 2.55. The summed E-state index contributed by atoms with van der Waals surface area (Å²) in [5.41, 5.74) is 11.9. The molecule has 1 aliphatic rings. The van der Waals surface area contributed by atoms with Crippen molar-refractivity contribution in [3.8, 4) is 44.5 Å². The molecular formula is C58H38. The second-order valence-corrected chi connectivity index (χ2v) is 17.6. The summed E-state index contributed by atoms with van der Waals surface area (Å²) in [5.74, 6) is 0. The molecule has 12 aromatic carbocycles. The summed E-state index contributed by atoms with van der Waals surface area (Å²) in [6.07, 6.45) is 0. The van der Waals surface area contributed by atoms with Gasteiger partial charge in [0.15, 0.2) is 0 Å². The van der Waals surface area contributed by atoms with Gasteiger partial charge in [0.25, 0.3) is 0 Å². The van der Waals surface area contributed by atoms with Crippen molar-refractivity contribution in [2.24, 2.45) is 0 Å². The molecule has 0 unspecified atom stereocenters. The molecule has 1 aliphatic carbocycles. The van der Waals surface area contributed by atoms with Crippen LogP contribution in [0.5, 0.6) is 0 Å². The molecule has 0 N–H and O–H groups in total. The van der Waals surface area contributed by atoms with E-state index in [4.69, 9.17) is 0 Å². The zero-order chi connectivity index (χ0) is 38.4. The number of benzene rings is 12. The van der Waals surface area contributed by atoms with Crippen LogP contribution in [0.4, 0.5) is 0 Å². The Labute approximate surface area is 336 Å². The van der Waals surface area contributed by atoms with Crippen LogP contribution in [0.1, 0.15) is 26.3 Å². The van der Waals surface area contributed by atoms with Crippen molar-refractivity contribution in [2.75, 3.05) is 0 Å². The highest BCUT2D eigenvalue weighted by atomic mass is 14.4. The van der Waals surface area contributed by atoms with Gasteiger partial charge in [-0.3, -0.25) is 0 Å². The molecule has 0 atom stereocenters. The second kappa shape index (κ2) is 11.3. The number of hydrogen-bond donors (Lipinski definition) is 0. The normalized spacial score (nSPS) is 12.7. The van der Waals surface area contributed by atoms with E-state index in [1.165, 1.54) is 136 Å². The molecule has 0 amide bonds. The van der Waals surface area contributed by atoms with Crippen LogP contribution >= 0.6 is 0 Å². The van der Waals surface area contributed by atoms with Crippen molar-refractivity contribution in [2.45, 2.75) is 26.2 Å². The van der Waals surface area contributed by atoms with Gasteiger partial charge in [0.1, 0.15) is 0 Å². The van der Waals surface area contributed by atoms with Gasteiger partial charge in [0.05, 0.1) is 0 Å². The van der Waals surface area contributed by atoms with E-state index in [0.717, 1.165) is 0 Å². The first-order valence-electron chi connectivity index (χ1n) is 20.6. The van der Waals surface area contributed by atoms with E-state index in [2.05, 4.69) is 197 Å². The summed E-state index contributed by atoms with van der Waals surface area (Å²) < 4.78 is 0. The topological polar surface area (TPSA) is 0 Å². The lowest BCUT2D eigenvalue weighted by molar-refractivity contribution is 0.591. The minimum Gasteiger partial charge on any atom is -0.0622 e. The summed E-state index contributed by atoms with van der Waals surface area (Å²) in [7, 11) is 0. The largest absolute Gasteiger partial charge is 0.0622 e. The van der Waals surface area contributed by atoms with Gasteiger partial charge < -0.3 is 0 Å². The van der Waals surface area contributed by atoms with Crippen molar-refractivity contribution in [1.29, 1.82) is 0 Å². The third-order valence-corrected chi connectivity index (χ3v) is 13.4. The Morgan fingerprint density at radius 1 is 0.276 bits per heavy atom. The Bertz CT molecular complexity index is 3730. The molecule has 58 heavy (non-hydrogen) atoms. The highest BCUT2D eigenvalue weighted by Gasteiger charge is 2.33. The van der Waals surface area contributed by atoms with Gasteiger partial charge in [0.2, 0.25) is 0 Å². The summed E-state index contributed by atoms with van der Waals surface area (Å²) in [5, 5.41) is 21.0. The SMILES string of the molecule is CC(C)(C)c1cc2ccc3ccc4c5c(cc(c1)c2c35)-c1c-4c(-c2ccccc2)c2cc3c4cc5ccccc5cc4c4ccccc4c3cc2c1-c1ccccc1. The molecule has 0 heterocycles. The lowest BCUT2D eigenvalue weighted by Crippen LogP contribution is -2.10. The Balaban J connectivity index is 1.29. The van der Waals surface area contributed by atoms with Crippen LogP contribution in [0.15, 0.2) is 176 Å². The Morgan fingerprint density at radius 2 is 0.759 bits per heavy atom. The van der Waals surface area contributed by atoms with Gasteiger partial charge in [-0.1, -0.05) is 166 Å².